The summed E-state index contributed by atoms with van der Waals surface area (Å²) in [6.07, 6.45) is 0. The monoisotopic (exact) mass is 313 g/mol. The Morgan fingerprint density at radius 1 is 1.33 bits per heavy atom. The third-order valence-electron chi connectivity index (χ3n) is 2.78. The number of halogens is 1. The Morgan fingerprint density at radius 3 is 2.33 bits per heavy atom. The van der Waals surface area contributed by atoms with Crippen molar-refractivity contribution in [2.45, 2.75) is 25.2 Å². The van der Waals surface area contributed by atoms with E-state index in [9.17, 15) is 4.79 Å². The first-order valence-electron chi connectivity index (χ1n) is 5.97. The zero-order valence-electron chi connectivity index (χ0n) is 11.3. The summed E-state index contributed by atoms with van der Waals surface area (Å²) >= 11 is 3.43. The van der Waals surface area contributed by atoms with Gasteiger partial charge in [0.05, 0.1) is 11.9 Å². The van der Waals surface area contributed by atoms with E-state index in [-0.39, 0.29) is 16.7 Å². The first-order valence-corrected chi connectivity index (χ1v) is 6.89. The Balaban J connectivity index is 2.63. The van der Waals surface area contributed by atoms with Crippen LogP contribution in [0.3, 0.4) is 0 Å². The number of hydrogen-bond acceptors (Lipinski definition) is 2. The van der Waals surface area contributed by atoms with Crippen molar-refractivity contribution >= 4 is 21.8 Å². The summed E-state index contributed by atoms with van der Waals surface area (Å²) in [5.41, 5.74) is 1.09. The zero-order valence-corrected chi connectivity index (χ0v) is 12.9. The molecule has 1 aromatic carbocycles. The van der Waals surface area contributed by atoms with Crippen LogP contribution < -0.4 is 4.74 Å². The molecule has 0 radical (unpaired) electrons. The number of rotatable bonds is 5. The molecule has 18 heavy (non-hydrogen) atoms. The third-order valence-corrected chi connectivity index (χ3v) is 4.23. The lowest BCUT2D eigenvalue weighted by Crippen LogP contribution is -2.35. The summed E-state index contributed by atoms with van der Waals surface area (Å²) in [6.45, 7) is 4.66. The van der Waals surface area contributed by atoms with E-state index < -0.39 is 0 Å². The topological polar surface area (TPSA) is 29.5 Å². The van der Waals surface area contributed by atoms with Crippen LogP contribution in [-0.4, -0.2) is 29.8 Å². The smallest absolute Gasteiger partial charge is 0.236 e. The predicted molar refractivity (Wildman–Crippen MR) is 77.0 cm³/mol. The summed E-state index contributed by atoms with van der Waals surface area (Å²) in [6, 6.07) is 7.76. The van der Waals surface area contributed by atoms with Gasteiger partial charge in [0, 0.05) is 13.6 Å². The number of alkyl halides is 1. The summed E-state index contributed by atoms with van der Waals surface area (Å²) in [5, 5.41) is 0. The molecule has 1 amide bonds. The maximum Gasteiger partial charge on any atom is 0.236 e. The van der Waals surface area contributed by atoms with E-state index in [0.717, 1.165) is 11.3 Å². The summed E-state index contributed by atoms with van der Waals surface area (Å²) in [5.74, 6) is 1.23. The summed E-state index contributed by atoms with van der Waals surface area (Å²) in [7, 11) is 3.46. The van der Waals surface area contributed by atoms with E-state index in [1.54, 1.807) is 12.0 Å². The van der Waals surface area contributed by atoms with Crippen LogP contribution in [0.25, 0.3) is 0 Å². The van der Waals surface area contributed by atoms with Crippen LogP contribution in [0, 0.1) is 5.92 Å². The molecule has 4 heteroatoms. The molecule has 0 saturated heterocycles. The van der Waals surface area contributed by atoms with E-state index in [0.29, 0.717) is 6.54 Å². The molecule has 0 spiro atoms. The van der Waals surface area contributed by atoms with Gasteiger partial charge in [0.15, 0.2) is 0 Å². The summed E-state index contributed by atoms with van der Waals surface area (Å²) in [4.78, 5) is 13.7. The molecule has 0 aliphatic rings. The van der Waals surface area contributed by atoms with Crippen molar-refractivity contribution in [1.82, 2.24) is 4.90 Å². The fourth-order valence-electron chi connectivity index (χ4n) is 1.58. The molecule has 1 rings (SSSR count). The molecule has 1 atom stereocenters. The molecule has 100 valence electrons. The van der Waals surface area contributed by atoms with E-state index >= 15 is 0 Å². The zero-order chi connectivity index (χ0) is 13.7. The lowest BCUT2D eigenvalue weighted by Gasteiger charge is -2.22. The second-order valence-corrected chi connectivity index (χ2v) is 5.67. The Morgan fingerprint density at radius 2 is 1.89 bits per heavy atom. The minimum absolute atomic E-state index is 0.112. The number of amides is 1. The average Bonchev–Trinajstić information content (AvgIpc) is 2.37. The van der Waals surface area contributed by atoms with Gasteiger partial charge in [-0.15, -0.1) is 0 Å². The molecule has 0 unspecified atom stereocenters. The predicted octanol–water partition coefficient (Wildman–Crippen LogP) is 3.07. The molecule has 0 bridgehead atoms. The van der Waals surface area contributed by atoms with Crippen molar-refractivity contribution in [2.75, 3.05) is 14.2 Å². The van der Waals surface area contributed by atoms with Gasteiger partial charge < -0.3 is 9.64 Å². The molecule has 0 N–H and O–H groups in total. The second kappa shape index (κ2) is 6.78. The van der Waals surface area contributed by atoms with Crippen LogP contribution in [-0.2, 0) is 11.3 Å². The van der Waals surface area contributed by atoms with Crippen LogP contribution in [0.4, 0.5) is 0 Å². The molecule has 0 fully saturated rings. The Bertz CT molecular complexity index is 389. The number of ether oxygens (including phenoxy) is 1. The fraction of sp³-hybridized carbons (Fsp3) is 0.500. The number of hydrogen-bond donors (Lipinski definition) is 0. The Labute approximate surface area is 117 Å². The normalized spacial score (nSPS) is 12.3. The molecular weight excluding hydrogens is 294 g/mol. The first kappa shape index (κ1) is 15.0. The van der Waals surface area contributed by atoms with Gasteiger partial charge in [-0.25, -0.2) is 0 Å². The number of benzene rings is 1. The van der Waals surface area contributed by atoms with E-state index in [4.69, 9.17) is 4.74 Å². The first-order chi connectivity index (χ1) is 8.45. The van der Waals surface area contributed by atoms with Crippen LogP contribution in [0.1, 0.15) is 19.4 Å². The highest BCUT2D eigenvalue weighted by molar-refractivity contribution is 9.10. The van der Waals surface area contributed by atoms with Gasteiger partial charge in [-0.3, -0.25) is 4.79 Å². The molecule has 1 aromatic rings. The quantitative estimate of drug-likeness (QED) is 0.782. The largest absolute Gasteiger partial charge is 0.497 e. The highest BCUT2D eigenvalue weighted by Gasteiger charge is 2.22. The molecular formula is C14H20BrNO2. The van der Waals surface area contributed by atoms with Crippen molar-refractivity contribution in [3.63, 3.8) is 0 Å². The number of methoxy groups -OCH3 is 1. The lowest BCUT2D eigenvalue weighted by molar-refractivity contribution is -0.130. The minimum Gasteiger partial charge on any atom is -0.497 e. The molecule has 0 aliphatic heterocycles. The highest BCUT2D eigenvalue weighted by atomic mass is 79.9. The van der Waals surface area contributed by atoms with E-state index in [1.807, 2.05) is 45.2 Å². The van der Waals surface area contributed by atoms with Crippen LogP contribution >= 0.6 is 15.9 Å². The SMILES string of the molecule is COc1ccc(CN(C)C(=O)[C@@H](Br)C(C)C)cc1. The second-order valence-electron chi connectivity index (χ2n) is 4.69. The van der Waals surface area contributed by atoms with Crippen molar-refractivity contribution in [1.29, 1.82) is 0 Å². The van der Waals surface area contributed by atoms with Gasteiger partial charge in [0.25, 0.3) is 0 Å². The minimum atomic E-state index is -0.124. The molecule has 0 heterocycles. The average molecular weight is 314 g/mol. The lowest BCUT2D eigenvalue weighted by atomic mass is 10.1. The van der Waals surface area contributed by atoms with Crippen molar-refractivity contribution < 1.29 is 9.53 Å². The number of carbonyl (C=O) groups is 1. The molecule has 3 nitrogen and oxygen atoms in total. The standard InChI is InChI=1S/C14H20BrNO2/c1-10(2)13(15)14(17)16(3)9-11-5-7-12(18-4)8-6-11/h5-8,10,13H,9H2,1-4H3/t13-/m0/s1. The van der Waals surface area contributed by atoms with Crippen molar-refractivity contribution in [3.05, 3.63) is 29.8 Å². The summed E-state index contributed by atoms with van der Waals surface area (Å²) < 4.78 is 5.10. The number of nitrogens with zero attached hydrogens (tertiary/aromatic N) is 1. The maximum atomic E-state index is 12.1. The van der Waals surface area contributed by atoms with Gasteiger partial charge in [-0.2, -0.15) is 0 Å². The fourth-order valence-corrected chi connectivity index (χ4v) is 1.93. The molecule has 0 aliphatic carbocycles. The van der Waals surface area contributed by atoms with E-state index in [1.165, 1.54) is 0 Å². The van der Waals surface area contributed by atoms with Gasteiger partial charge in [0.1, 0.15) is 5.75 Å². The van der Waals surface area contributed by atoms with Crippen molar-refractivity contribution in [3.8, 4) is 5.75 Å². The number of carbonyl (C=O) groups excluding carboxylic acids is 1. The third kappa shape index (κ3) is 4.02. The van der Waals surface area contributed by atoms with Crippen LogP contribution in [0.15, 0.2) is 24.3 Å². The van der Waals surface area contributed by atoms with Crippen molar-refractivity contribution in [2.24, 2.45) is 5.92 Å². The van der Waals surface area contributed by atoms with Gasteiger partial charge in [-0.05, 0) is 23.6 Å². The Hall–Kier alpha value is -1.03. The van der Waals surface area contributed by atoms with E-state index in [2.05, 4.69) is 15.9 Å². The maximum absolute atomic E-state index is 12.1. The van der Waals surface area contributed by atoms with Crippen LogP contribution in [0.5, 0.6) is 5.75 Å². The highest BCUT2D eigenvalue weighted by Crippen LogP contribution is 2.17. The van der Waals surface area contributed by atoms with Gasteiger partial charge in [0.2, 0.25) is 5.91 Å². The molecule has 0 saturated carbocycles. The van der Waals surface area contributed by atoms with Crippen LogP contribution in [0.2, 0.25) is 0 Å². The van der Waals surface area contributed by atoms with Gasteiger partial charge >= 0.3 is 0 Å². The van der Waals surface area contributed by atoms with Gasteiger partial charge in [-0.1, -0.05) is 41.9 Å². The Kier molecular flexibility index (Phi) is 5.66. The molecule has 0 aromatic heterocycles.